The predicted molar refractivity (Wildman–Crippen MR) is 100 cm³/mol. The fourth-order valence-electron chi connectivity index (χ4n) is 3.11. The maximum atomic E-state index is 13.1. The van der Waals surface area contributed by atoms with Crippen LogP contribution in [0.4, 0.5) is 4.39 Å². The highest BCUT2D eigenvalue weighted by Crippen LogP contribution is 2.25. The monoisotopic (exact) mass is 385 g/mol. The van der Waals surface area contributed by atoms with E-state index in [4.69, 9.17) is 16.3 Å². The van der Waals surface area contributed by atoms with Gasteiger partial charge in [-0.05, 0) is 35.9 Å². The van der Waals surface area contributed by atoms with Crippen molar-refractivity contribution in [2.24, 2.45) is 0 Å². The highest BCUT2D eigenvalue weighted by Gasteiger charge is 2.27. The summed E-state index contributed by atoms with van der Waals surface area (Å²) in [6.45, 7) is 1.31. The van der Waals surface area contributed by atoms with E-state index < -0.39 is 0 Å². The van der Waals surface area contributed by atoms with Crippen molar-refractivity contribution in [1.82, 2.24) is 15.1 Å². The smallest absolute Gasteiger partial charge is 0.272 e. The first-order valence-electron chi connectivity index (χ1n) is 8.58. The Morgan fingerprint density at radius 1 is 1.22 bits per heavy atom. The fraction of sp³-hybridized carbons (Fsp3) is 0.200. The third kappa shape index (κ3) is 3.86. The van der Waals surface area contributed by atoms with Gasteiger partial charge >= 0.3 is 0 Å². The number of hydrogen-bond donors (Lipinski definition) is 1. The molecule has 0 radical (unpaired) electrons. The Labute approximate surface area is 160 Å². The number of benzene rings is 2. The second-order valence-electron chi connectivity index (χ2n) is 6.34. The van der Waals surface area contributed by atoms with Crippen LogP contribution in [0.5, 0.6) is 0 Å². The van der Waals surface area contributed by atoms with E-state index in [1.165, 1.54) is 12.1 Å². The maximum Gasteiger partial charge on any atom is 0.272 e. The predicted octanol–water partition coefficient (Wildman–Crippen LogP) is 4.08. The second-order valence-corrected chi connectivity index (χ2v) is 6.78. The summed E-state index contributed by atoms with van der Waals surface area (Å²) in [4.78, 5) is 14.6. The SMILES string of the molecule is O=C(c1cc(-c2cccc(Cl)c2)n[nH]1)N1CCO[C@H](c2ccc(F)cc2)C1. The minimum atomic E-state index is -0.298. The molecule has 4 rings (SSSR count). The summed E-state index contributed by atoms with van der Waals surface area (Å²) in [7, 11) is 0. The van der Waals surface area contributed by atoms with Crippen molar-refractivity contribution < 1.29 is 13.9 Å². The van der Waals surface area contributed by atoms with Crippen LogP contribution in [0.25, 0.3) is 11.3 Å². The normalized spacial score (nSPS) is 17.1. The number of nitrogens with one attached hydrogen (secondary N) is 1. The van der Waals surface area contributed by atoms with E-state index in [9.17, 15) is 9.18 Å². The van der Waals surface area contributed by atoms with Crippen molar-refractivity contribution in [3.05, 3.63) is 76.7 Å². The molecule has 7 heteroatoms. The van der Waals surface area contributed by atoms with Crippen molar-refractivity contribution >= 4 is 17.5 Å². The molecule has 27 heavy (non-hydrogen) atoms. The number of halogens is 2. The third-order valence-corrected chi connectivity index (χ3v) is 4.76. The largest absolute Gasteiger partial charge is 0.370 e. The Kier molecular flexibility index (Phi) is 4.92. The Morgan fingerprint density at radius 2 is 2.04 bits per heavy atom. The first-order chi connectivity index (χ1) is 13.1. The number of ether oxygens (including phenoxy) is 1. The van der Waals surface area contributed by atoms with Gasteiger partial charge in [0, 0.05) is 17.1 Å². The zero-order chi connectivity index (χ0) is 18.8. The van der Waals surface area contributed by atoms with Crippen LogP contribution in [0, 0.1) is 5.82 Å². The van der Waals surface area contributed by atoms with E-state index in [2.05, 4.69) is 10.2 Å². The molecule has 1 amide bonds. The Hall–Kier alpha value is -2.70. The fourth-order valence-corrected chi connectivity index (χ4v) is 3.30. The summed E-state index contributed by atoms with van der Waals surface area (Å²) >= 11 is 6.02. The molecule has 3 aromatic rings. The van der Waals surface area contributed by atoms with Gasteiger partial charge in [-0.1, -0.05) is 35.9 Å². The highest BCUT2D eigenvalue weighted by atomic mass is 35.5. The van der Waals surface area contributed by atoms with Gasteiger partial charge in [-0.2, -0.15) is 5.10 Å². The number of hydrogen-bond acceptors (Lipinski definition) is 3. The van der Waals surface area contributed by atoms with Gasteiger partial charge in [-0.3, -0.25) is 9.89 Å². The number of rotatable bonds is 3. The summed E-state index contributed by atoms with van der Waals surface area (Å²) < 4.78 is 18.9. The summed E-state index contributed by atoms with van der Waals surface area (Å²) in [5.74, 6) is -0.445. The lowest BCUT2D eigenvalue weighted by Gasteiger charge is -2.32. The van der Waals surface area contributed by atoms with E-state index in [0.717, 1.165) is 11.1 Å². The summed E-state index contributed by atoms with van der Waals surface area (Å²) in [5, 5.41) is 7.64. The molecule has 1 atom stereocenters. The van der Waals surface area contributed by atoms with E-state index in [1.807, 2.05) is 12.1 Å². The van der Waals surface area contributed by atoms with Gasteiger partial charge in [-0.15, -0.1) is 0 Å². The molecule has 0 aliphatic carbocycles. The van der Waals surface area contributed by atoms with Crippen LogP contribution in [-0.4, -0.2) is 40.7 Å². The summed E-state index contributed by atoms with van der Waals surface area (Å²) in [5.41, 5.74) is 2.75. The molecule has 138 valence electrons. The average Bonchev–Trinajstić information content (AvgIpc) is 3.18. The van der Waals surface area contributed by atoms with Crippen LogP contribution in [0.1, 0.15) is 22.2 Å². The second kappa shape index (κ2) is 7.50. The van der Waals surface area contributed by atoms with Gasteiger partial charge in [0.15, 0.2) is 0 Å². The molecule has 2 heterocycles. The van der Waals surface area contributed by atoms with E-state index in [0.29, 0.717) is 36.1 Å². The number of aromatic amines is 1. The molecule has 5 nitrogen and oxygen atoms in total. The molecule has 1 aliphatic heterocycles. The topological polar surface area (TPSA) is 58.2 Å². The Bertz CT molecular complexity index is 958. The molecular formula is C20H17ClFN3O2. The molecule has 1 saturated heterocycles. The van der Waals surface area contributed by atoms with Crippen LogP contribution in [0.2, 0.25) is 5.02 Å². The lowest BCUT2D eigenvalue weighted by Crippen LogP contribution is -2.42. The average molecular weight is 386 g/mol. The van der Waals surface area contributed by atoms with Crippen molar-refractivity contribution in [2.45, 2.75) is 6.10 Å². The highest BCUT2D eigenvalue weighted by molar-refractivity contribution is 6.30. The van der Waals surface area contributed by atoms with E-state index in [-0.39, 0.29) is 17.8 Å². The zero-order valence-corrected chi connectivity index (χ0v) is 15.1. The molecule has 0 saturated carbocycles. The van der Waals surface area contributed by atoms with Crippen LogP contribution in [0.3, 0.4) is 0 Å². The first-order valence-corrected chi connectivity index (χ1v) is 8.95. The number of nitrogens with zero attached hydrogens (tertiary/aromatic N) is 2. The van der Waals surface area contributed by atoms with Gasteiger partial charge in [0.25, 0.3) is 5.91 Å². The number of amides is 1. The number of carbonyl (C=O) groups is 1. The third-order valence-electron chi connectivity index (χ3n) is 4.52. The van der Waals surface area contributed by atoms with Gasteiger partial charge < -0.3 is 9.64 Å². The van der Waals surface area contributed by atoms with Crippen LogP contribution >= 0.6 is 11.6 Å². The molecule has 0 bridgehead atoms. The van der Waals surface area contributed by atoms with Crippen molar-refractivity contribution in [3.8, 4) is 11.3 Å². The lowest BCUT2D eigenvalue weighted by atomic mass is 10.1. The van der Waals surface area contributed by atoms with Crippen LogP contribution in [0.15, 0.2) is 54.6 Å². The molecule has 1 aromatic heterocycles. The molecule has 2 aromatic carbocycles. The van der Waals surface area contributed by atoms with Gasteiger partial charge in [-0.25, -0.2) is 4.39 Å². The van der Waals surface area contributed by atoms with Crippen molar-refractivity contribution in [3.63, 3.8) is 0 Å². The zero-order valence-electron chi connectivity index (χ0n) is 14.4. The van der Waals surface area contributed by atoms with Crippen molar-refractivity contribution in [2.75, 3.05) is 19.7 Å². The van der Waals surface area contributed by atoms with Gasteiger partial charge in [0.1, 0.15) is 17.6 Å². The number of aromatic nitrogens is 2. The molecule has 0 spiro atoms. The molecule has 0 unspecified atom stereocenters. The summed E-state index contributed by atoms with van der Waals surface area (Å²) in [6, 6.07) is 15.2. The van der Waals surface area contributed by atoms with Gasteiger partial charge in [0.05, 0.1) is 18.8 Å². The van der Waals surface area contributed by atoms with Gasteiger partial charge in [0.2, 0.25) is 0 Å². The Balaban J connectivity index is 1.50. The number of morpholine rings is 1. The van der Waals surface area contributed by atoms with Crippen LogP contribution < -0.4 is 0 Å². The lowest BCUT2D eigenvalue weighted by molar-refractivity contribution is -0.0230. The molecular weight excluding hydrogens is 369 g/mol. The summed E-state index contributed by atoms with van der Waals surface area (Å²) in [6.07, 6.45) is -0.279. The van der Waals surface area contributed by atoms with Crippen molar-refractivity contribution in [1.29, 1.82) is 0 Å². The Morgan fingerprint density at radius 3 is 2.81 bits per heavy atom. The molecule has 1 aliphatic rings. The number of H-pyrrole nitrogens is 1. The molecule has 1 N–H and O–H groups in total. The van der Waals surface area contributed by atoms with E-state index in [1.54, 1.807) is 35.2 Å². The first kappa shape index (κ1) is 17.7. The van der Waals surface area contributed by atoms with Crippen LogP contribution in [-0.2, 0) is 4.74 Å². The maximum absolute atomic E-state index is 13.1. The standard InChI is InChI=1S/C20H17ClFN3O2/c21-15-3-1-2-14(10-15)17-11-18(24-23-17)20(26)25-8-9-27-19(12-25)13-4-6-16(22)7-5-13/h1-7,10-11,19H,8-9,12H2,(H,23,24)/t19-/m0/s1. The quantitative estimate of drug-likeness (QED) is 0.739. The molecule has 1 fully saturated rings. The number of carbonyl (C=O) groups excluding carboxylic acids is 1. The van der Waals surface area contributed by atoms with E-state index >= 15 is 0 Å². The minimum absolute atomic E-state index is 0.147. The minimum Gasteiger partial charge on any atom is -0.370 e.